The Morgan fingerprint density at radius 1 is 1.16 bits per heavy atom. The predicted molar refractivity (Wildman–Crippen MR) is 80.1 cm³/mol. The van der Waals surface area contributed by atoms with Crippen LogP contribution in [0.15, 0.2) is 18.2 Å². The molecular formula is C14H22N2O2Sn. The van der Waals surface area contributed by atoms with Gasteiger partial charge >= 0.3 is 119 Å². The monoisotopic (exact) mass is 370 g/mol. The van der Waals surface area contributed by atoms with E-state index < -0.39 is 18.4 Å². The van der Waals surface area contributed by atoms with Crippen LogP contribution in [0.2, 0.25) is 14.8 Å². The van der Waals surface area contributed by atoms with Crippen LogP contribution in [0.3, 0.4) is 0 Å². The average molecular weight is 369 g/mol. The molecule has 19 heavy (non-hydrogen) atoms. The summed E-state index contributed by atoms with van der Waals surface area (Å²) in [5, 5.41) is 0. The van der Waals surface area contributed by atoms with Crippen LogP contribution >= 0.6 is 0 Å². The SMILES string of the molecule is CCC(=O)NNC(=O)c1ccc(C)[c]([Sn]([CH3])([CH3])[CH3])c1. The van der Waals surface area contributed by atoms with Crippen LogP contribution in [0.4, 0.5) is 0 Å². The molecule has 2 N–H and O–H groups in total. The van der Waals surface area contributed by atoms with Gasteiger partial charge in [0.1, 0.15) is 0 Å². The molecule has 1 aromatic rings. The van der Waals surface area contributed by atoms with Gasteiger partial charge in [0.2, 0.25) is 0 Å². The van der Waals surface area contributed by atoms with Gasteiger partial charge in [0, 0.05) is 0 Å². The summed E-state index contributed by atoms with van der Waals surface area (Å²) in [5.74, 6) is -0.464. The minimum atomic E-state index is -2.22. The van der Waals surface area contributed by atoms with E-state index in [1.165, 1.54) is 9.14 Å². The number of hydrazine groups is 1. The van der Waals surface area contributed by atoms with Crippen LogP contribution in [0, 0.1) is 6.92 Å². The molecule has 0 bridgehead atoms. The van der Waals surface area contributed by atoms with Crippen LogP contribution in [0.5, 0.6) is 0 Å². The molecule has 0 aliphatic heterocycles. The molecule has 4 nitrogen and oxygen atoms in total. The maximum atomic E-state index is 12.0. The van der Waals surface area contributed by atoms with Crippen LogP contribution in [-0.4, -0.2) is 30.2 Å². The molecule has 0 fully saturated rings. The van der Waals surface area contributed by atoms with Gasteiger partial charge in [-0.05, 0) is 0 Å². The standard InChI is InChI=1S/C11H13N2O2.3CH3.Sn/c1-3-10(14)12-13-11(15)9-6-4-8(2)5-7-9;;;;/h4,6-7H,3H2,1-2H3,(H,12,14)(H,13,15);3*1H3;. The van der Waals surface area contributed by atoms with Crippen molar-refractivity contribution in [2.24, 2.45) is 0 Å². The molecule has 0 atom stereocenters. The number of hydrogen-bond acceptors (Lipinski definition) is 2. The summed E-state index contributed by atoms with van der Waals surface area (Å²) in [6.45, 7) is 3.82. The Morgan fingerprint density at radius 2 is 1.79 bits per heavy atom. The minimum absolute atomic E-state index is 0.198. The van der Waals surface area contributed by atoms with E-state index in [0.717, 1.165) is 0 Å². The number of benzene rings is 1. The van der Waals surface area contributed by atoms with Crippen molar-refractivity contribution >= 4 is 33.8 Å². The predicted octanol–water partition coefficient (Wildman–Crippen LogP) is 1.71. The molecule has 0 radical (unpaired) electrons. The fourth-order valence-corrected chi connectivity index (χ4v) is 7.15. The molecule has 0 saturated heterocycles. The summed E-state index contributed by atoms with van der Waals surface area (Å²) >= 11 is -2.22. The molecule has 0 unspecified atom stereocenters. The van der Waals surface area contributed by atoms with Gasteiger partial charge in [0.15, 0.2) is 0 Å². The van der Waals surface area contributed by atoms with E-state index in [1.54, 1.807) is 13.0 Å². The maximum absolute atomic E-state index is 12.0. The number of aryl methyl sites for hydroxylation is 1. The van der Waals surface area contributed by atoms with E-state index in [-0.39, 0.29) is 11.8 Å². The second kappa shape index (κ2) is 6.41. The Labute approximate surface area is 118 Å². The third-order valence-corrected chi connectivity index (χ3v) is 9.09. The van der Waals surface area contributed by atoms with E-state index in [4.69, 9.17) is 0 Å². The van der Waals surface area contributed by atoms with Gasteiger partial charge in [0.25, 0.3) is 0 Å². The third kappa shape index (κ3) is 4.53. The molecule has 1 rings (SSSR count). The van der Waals surface area contributed by atoms with Gasteiger partial charge in [0.05, 0.1) is 0 Å². The Morgan fingerprint density at radius 3 is 2.32 bits per heavy atom. The second-order valence-electron chi connectivity index (χ2n) is 5.64. The summed E-state index contributed by atoms with van der Waals surface area (Å²) < 4.78 is 1.34. The Kier molecular flexibility index (Phi) is 5.40. The van der Waals surface area contributed by atoms with Crippen molar-refractivity contribution in [1.29, 1.82) is 0 Å². The molecule has 0 spiro atoms. The van der Waals surface area contributed by atoms with Gasteiger partial charge in [-0.25, -0.2) is 0 Å². The van der Waals surface area contributed by atoms with Crippen LogP contribution in [0.1, 0.15) is 29.3 Å². The van der Waals surface area contributed by atoms with Gasteiger partial charge in [-0.3, -0.25) is 0 Å². The van der Waals surface area contributed by atoms with Gasteiger partial charge in [-0.15, -0.1) is 0 Å². The molecule has 5 heteroatoms. The van der Waals surface area contributed by atoms with Crippen molar-refractivity contribution in [3.63, 3.8) is 0 Å². The molecule has 0 aliphatic carbocycles. The molecule has 2 amide bonds. The zero-order valence-corrected chi connectivity index (χ0v) is 15.1. The van der Waals surface area contributed by atoms with Crippen LogP contribution in [-0.2, 0) is 4.79 Å². The van der Waals surface area contributed by atoms with Crippen molar-refractivity contribution in [2.75, 3.05) is 0 Å². The van der Waals surface area contributed by atoms with E-state index in [9.17, 15) is 9.59 Å². The Hall–Kier alpha value is -1.04. The number of rotatable bonds is 3. The third-order valence-electron chi connectivity index (χ3n) is 2.94. The molecule has 0 aromatic heterocycles. The summed E-state index contributed by atoms with van der Waals surface area (Å²) in [6.07, 6.45) is 0.345. The molecular weight excluding hydrogens is 347 g/mol. The molecule has 0 aliphatic rings. The summed E-state index contributed by atoms with van der Waals surface area (Å²) in [5.41, 5.74) is 6.66. The van der Waals surface area contributed by atoms with Crippen LogP contribution in [0.25, 0.3) is 0 Å². The Bertz CT molecular complexity index is 493. The van der Waals surface area contributed by atoms with Gasteiger partial charge in [-0.2, -0.15) is 0 Å². The topological polar surface area (TPSA) is 58.2 Å². The summed E-state index contributed by atoms with van der Waals surface area (Å²) in [6, 6.07) is 5.75. The zero-order chi connectivity index (χ0) is 14.6. The number of hydrogen-bond donors (Lipinski definition) is 2. The normalized spacial score (nSPS) is 11.0. The van der Waals surface area contributed by atoms with Crippen LogP contribution < -0.4 is 14.4 Å². The first-order valence-corrected chi connectivity index (χ1v) is 16.4. The first-order chi connectivity index (χ1) is 8.75. The van der Waals surface area contributed by atoms with Crippen molar-refractivity contribution in [1.82, 2.24) is 10.9 Å². The van der Waals surface area contributed by atoms with E-state index in [0.29, 0.717) is 12.0 Å². The zero-order valence-electron chi connectivity index (χ0n) is 12.3. The number of carbonyl (C=O) groups is 2. The summed E-state index contributed by atoms with van der Waals surface area (Å²) in [7, 11) is 0. The average Bonchev–Trinajstić information content (AvgIpc) is 2.34. The van der Waals surface area contributed by atoms with Crippen molar-refractivity contribution < 1.29 is 9.59 Å². The first-order valence-electron chi connectivity index (χ1n) is 6.46. The van der Waals surface area contributed by atoms with Crippen molar-refractivity contribution in [3.8, 4) is 0 Å². The molecule has 1 aromatic carbocycles. The van der Waals surface area contributed by atoms with Crippen molar-refractivity contribution in [3.05, 3.63) is 29.3 Å². The van der Waals surface area contributed by atoms with Crippen molar-refractivity contribution in [2.45, 2.75) is 35.1 Å². The molecule has 0 saturated carbocycles. The summed E-state index contributed by atoms with van der Waals surface area (Å²) in [4.78, 5) is 30.0. The number of carbonyl (C=O) groups excluding carboxylic acids is 2. The number of amides is 2. The van der Waals surface area contributed by atoms with Gasteiger partial charge in [-0.1, -0.05) is 0 Å². The van der Waals surface area contributed by atoms with E-state index in [1.807, 2.05) is 12.1 Å². The molecule has 104 valence electrons. The fourth-order valence-electron chi connectivity index (χ4n) is 1.86. The Balaban J connectivity index is 2.90. The van der Waals surface area contributed by atoms with E-state index >= 15 is 0 Å². The quantitative estimate of drug-likeness (QED) is 0.630. The second-order valence-corrected chi connectivity index (χ2v) is 20.0. The fraction of sp³-hybridized carbons (Fsp3) is 0.429. The number of nitrogens with one attached hydrogen (secondary N) is 2. The molecule has 0 heterocycles. The van der Waals surface area contributed by atoms with Gasteiger partial charge < -0.3 is 0 Å². The van der Waals surface area contributed by atoms with E-state index in [2.05, 4.69) is 32.6 Å². The first kappa shape index (κ1) is 16.0.